The largest absolute Gasteiger partial charge is 0.356 e. The number of hydrogen-bond donors (Lipinski definition) is 1. The number of amides is 1. The second kappa shape index (κ2) is 5.35. The molecule has 0 aliphatic carbocycles. The molecule has 2 atom stereocenters. The summed E-state index contributed by atoms with van der Waals surface area (Å²) < 4.78 is 0. The summed E-state index contributed by atoms with van der Waals surface area (Å²) in [6, 6.07) is 8.59. The van der Waals surface area contributed by atoms with Gasteiger partial charge in [-0.05, 0) is 36.3 Å². The molecule has 2 nitrogen and oxygen atoms in total. The van der Waals surface area contributed by atoms with Crippen LogP contribution in [0.2, 0.25) is 0 Å². The lowest BCUT2D eigenvalue weighted by Gasteiger charge is -2.22. The van der Waals surface area contributed by atoms with Crippen molar-refractivity contribution in [3.8, 4) is 0 Å². The molecule has 2 unspecified atom stereocenters. The van der Waals surface area contributed by atoms with Crippen molar-refractivity contribution >= 4 is 5.91 Å². The van der Waals surface area contributed by atoms with Gasteiger partial charge >= 0.3 is 0 Å². The van der Waals surface area contributed by atoms with Crippen LogP contribution in [0.3, 0.4) is 0 Å². The smallest absolute Gasteiger partial charge is 0.227 e. The average molecular weight is 231 g/mol. The van der Waals surface area contributed by atoms with Crippen LogP contribution in [0.1, 0.15) is 56.1 Å². The molecule has 92 valence electrons. The fraction of sp³-hybridized carbons (Fsp3) is 0.533. The maximum Gasteiger partial charge on any atom is 0.227 e. The SMILES string of the molecule is CCC(C)c1ccc(C2CCCNC2=O)cc1. The Morgan fingerprint density at radius 2 is 2.06 bits per heavy atom. The summed E-state index contributed by atoms with van der Waals surface area (Å²) in [5, 5.41) is 2.94. The molecule has 0 spiro atoms. The third-order valence-electron chi connectivity index (χ3n) is 3.81. The van der Waals surface area contributed by atoms with Crippen LogP contribution in [0.5, 0.6) is 0 Å². The zero-order valence-corrected chi connectivity index (χ0v) is 10.7. The van der Waals surface area contributed by atoms with Gasteiger partial charge in [0.1, 0.15) is 0 Å². The highest BCUT2D eigenvalue weighted by Gasteiger charge is 2.23. The van der Waals surface area contributed by atoms with Gasteiger partial charge in [-0.3, -0.25) is 4.79 Å². The molecule has 17 heavy (non-hydrogen) atoms. The Kier molecular flexibility index (Phi) is 3.82. The lowest BCUT2D eigenvalue weighted by Crippen LogP contribution is -2.35. The van der Waals surface area contributed by atoms with E-state index in [1.165, 1.54) is 5.56 Å². The molecule has 0 bridgehead atoms. The predicted octanol–water partition coefficient (Wildman–Crippen LogP) is 3.19. The van der Waals surface area contributed by atoms with Crippen molar-refractivity contribution in [1.82, 2.24) is 5.32 Å². The number of carbonyl (C=O) groups is 1. The molecule has 2 rings (SSSR count). The van der Waals surface area contributed by atoms with Crippen LogP contribution >= 0.6 is 0 Å². The molecular weight excluding hydrogens is 210 g/mol. The highest BCUT2D eigenvalue weighted by molar-refractivity contribution is 5.84. The zero-order valence-electron chi connectivity index (χ0n) is 10.7. The second-order valence-corrected chi connectivity index (χ2v) is 4.96. The van der Waals surface area contributed by atoms with Gasteiger partial charge in [0.15, 0.2) is 0 Å². The highest BCUT2D eigenvalue weighted by Crippen LogP contribution is 2.26. The van der Waals surface area contributed by atoms with E-state index in [-0.39, 0.29) is 11.8 Å². The Labute approximate surface area is 103 Å². The van der Waals surface area contributed by atoms with Gasteiger partial charge < -0.3 is 5.32 Å². The number of piperidine rings is 1. The minimum atomic E-state index is 0.0646. The van der Waals surface area contributed by atoms with Crippen LogP contribution in [0.15, 0.2) is 24.3 Å². The quantitative estimate of drug-likeness (QED) is 0.850. The third-order valence-corrected chi connectivity index (χ3v) is 3.81. The summed E-state index contributed by atoms with van der Waals surface area (Å²) >= 11 is 0. The first-order chi connectivity index (χ1) is 8.22. The Balaban J connectivity index is 2.14. The topological polar surface area (TPSA) is 29.1 Å². The van der Waals surface area contributed by atoms with E-state index in [0.717, 1.165) is 31.4 Å². The van der Waals surface area contributed by atoms with Crippen LogP contribution < -0.4 is 5.32 Å². The maximum atomic E-state index is 11.8. The highest BCUT2D eigenvalue weighted by atomic mass is 16.1. The lowest BCUT2D eigenvalue weighted by molar-refractivity contribution is -0.123. The minimum absolute atomic E-state index is 0.0646. The van der Waals surface area contributed by atoms with Crippen LogP contribution in [0.4, 0.5) is 0 Å². The summed E-state index contributed by atoms with van der Waals surface area (Å²) in [5.74, 6) is 0.853. The molecule has 1 N–H and O–H groups in total. The fourth-order valence-corrected chi connectivity index (χ4v) is 2.38. The molecule has 1 amide bonds. The van der Waals surface area contributed by atoms with E-state index < -0.39 is 0 Å². The number of nitrogens with one attached hydrogen (secondary N) is 1. The first-order valence-electron chi connectivity index (χ1n) is 6.60. The molecule has 1 aliphatic heterocycles. The van der Waals surface area contributed by atoms with Gasteiger partial charge in [0.25, 0.3) is 0 Å². The van der Waals surface area contributed by atoms with E-state index in [2.05, 4.69) is 43.4 Å². The number of hydrogen-bond acceptors (Lipinski definition) is 1. The summed E-state index contributed by atoms with van der Waals surface area (Å²) in [4.78, 5) is 11.8. The third kappa shape index (κ3) is 2.68. The normalized spacial score (nSPS) is 22.0. The Morgan fingerprint density at radius 3 is 2.65 bits per heavy atom. The van der Waals surface area contributed by atoms with Gasteiger partial charge in [0.05, 0.1) is 5.92 Å². The zero-order chi connectivity index (χ0) is 12.3. The molecule has 0 aromatic heterocycles. The van der Waals surface area contributed by atoms with Gasteiger partial charge in [0, 0.05) is 6.54 Å². The van der Waals surface area contributed by atoms with Crippen LogP contribution in [-0.4, -0.2) is 12.5 Å². The van der Waals surface area contributed by atoms with Crippen molar-refractivity contribution in [3.63, 3.8) is 0 Å². The summed E-state index contributed by atoms with van der Waals surface area (Å²) in [6.45, 7) is 5.27. The molecule has 1 aromatic carbocycles. The van der Waals surface area contributed by atoms with E-state index >= 15 is 0 Å². The van der Waals surface area contributed by atoms with Gasteiger partial charge in [-0.2, -0.15) is 0 Å². The van der Waals surface area contributed by atoms with Crippen molar-refractivity contribution in [2.24, 2.45) is 0 Å². The molecule has 1 heterocycles. The minimum Gasteiger partial charge on any atom is -0.356 e. The van der Waals surface area contributed by atoms with E-state index in [9.17, 15) is 4.79 Å². The first-order valence-corrected chi connectivity index (χ1v) is 6.60. The molecule has 1 fully saturated rings. The van der Waals surface area contributed by atoms with Crippen molar-refractivity contribution < 1.29 is 4.79 Å². The molecule has 0 saturated carbocycles. The van der Waals surface area contributed by atoms with Crippen LogP contribution in [0.25, 0.3) is 0 Å². The van der Waals surface area contributed by atoms with Crippen molar-refractivity contribution in [2.45, 2.75) is 44.9 Å². The summed E-state index contributed by atoms with van der Waals surface area (Å²) in [5.41, 5.74) is 2.53. The number of carbonyl (C=O) groups excluding carboxylic acids is 1. The molecule has 2 heteroatoms. The molecule has 0 radical (unpaired) electrons. The molecule has 1 saturated heterocycles. The standard InChI is InChI=1S/C15H21NO/c1-3-11(2)12-6-8-13(9-7-12)14-5-4-10-16-15(14)17/h6-9,11,14H,3-5,10H2,1-2H3,(H,16,17). The van der Waals surface area contributed by atoms with E-state index in [1.54, 1.807) is 0 Å². The van der Waals surface area contributed by atoms with Gasteiger partial charge in [0.2, 0.25) is 5.91 Å². The second-order valence-electron chi connectivity index (χ2n) is 4.96. The average Bonchev–Trinajstić information content (AvgIpc) is 2.39. The molecule has 1 aromatic rings. The predicted molar refractivity (Wildman–Crippen MR) is 70.1 cm³/mol. The fourth-order valence-electron chi connectivity index (χ4n) is 2.38. The van der Waals surface area contributed by atoms with Crippen LogP contribution in [0, 0.1) is 0 Å². The first kappa shape index (κ1) is 12.2. The van der Waals surface area contributed by atoms with E-state index in [0.29, 0.717) is 5.92 Å². The van der Waals surface area contributed by atoms with Crippen LogP contribution in [-0.2, 0) is 4.79 Å². The maximum absolute atomic E-state index is 11.8. The molecular formula is C15H21NO. The monoisotopic (exact) mass is 231 g/mol. The number of benzene rings is 1. The lowest BCUT2D eigenvalue weighted by atomic mass is 9.89. The van der Waals surface area contributed by atoms with Crippen molar-refractivity contribution in [1.29, 1.82) is 0 Å². The number of rotatable bonds is 3. The molecule has 1 aliphatic rings. The van der Waals surface area contributed by atoms with Crippen molar-refractivity contribution in [2.75, 3.05) is 6.54 Å². The van der Waals surface area contributed by atoms with Gasteiger partial charge in [-0.15, -0.1) is 0 Å². The summed E-state index contributed by atoms with van der Waals surface area (Å²) in [6.07, 6.45) is 3.22. The summed E-state index contributed by atoms with van der Waals surface area (Å²) in [7, 11) is 0. The Hall–Kier alpha value is -1.31. The van der Waals surface area contributed by atoms with E-state index in [1.807, 2.05) is 0 Å². The van der Waals surface area contributed by atoms with Gasteiger partial charge in [-0.25, -0.2) is 0 Å². The Morgan fingerprint density at radius 1 is 1.35 bits per heavy atom. The van der Waals surface area contributed by atoms with E-state index in [4.69, 9.17) is 0 Å². The van der Waals surface area contributed by atoms with Gasteiger partial charge in [-0.1, -0.05) is 38.1 Å². The Bertz CT molecular complexity index is 382. The van der Waals surface area contributed by atoms with Crippen molar-refractivity contribution in [3.05, 3.63) is 35.4 Å².